The topological polar surface area (TPSA) is 92.7 Å². The smallest absolute Gasteiger partial charge is 0.250 e. The Labute approximate surface area is 247 Å². The molecule has 4 heterocycles. The van der Waals surface area contributed by atoms with E-state index in [4.69, 9.17) is 21.1 Å². The van der Waals surface area contributed by atoms with Crippen LogP contribution in [0.15, 0.2) is 73.2 Å². The molecule has 1 fully saturated rings. The van der Waals surface area contributed by atoms with Crippen LogP contribution in [0.4, 0.5) is 21.6 Å². The summed E-state index contributed by atoms with van der Waals surface area (Å²) in [5.41, 5.74) is 2.82. The standard InChI is InChI=1S/C31H30ClFN6O3/c32-24-18-22(6-9-27(24)42-19-23-4-1-2-12-34-23)37-31-29-25(35-20-36-31)7-8-26-30(29)41-17-16-39(26)28(40)5-3-13-38-14-10-21(33)11-15-38/h1-9,12,18,20-21H,10-11,13-17,19H2,(H,35,36,37)/b5-3+. The minimum atomic E-state index is -0.719. The number of rotatable bonds is 8. The fourth-order valence-electron chi connectivity index (χ4n) is 5.10. The number of fused-ring (bicyclic) bond motifs is 3. The summed E-state index contributed by atoms with van der Waals surface area (Å²) in [6.45, 7) is 3.07. The summed E-state index contributed by atoms with van der Waals surface area (Å²) < 4.78 is 25.4. The Hall–Kier alpha value is -4.28. The number of anilines is 3. The average Bonchev–Trinajstić information content (AvgIpc) is 3.01. The highest BCUT2D eigenvalue weighted by atomic mass is 35.5. The van der Waals surface area contributed by atoms with Gasteiger partial charge >= 0.3 is 0 Å². The first-order valence-electron chi connectivity index (χ1n) is 13.9. The highest BCUT2D eigenvalue weighted by Crippen LogP contribution is 2.42. The van der Waals surface area contributed by atoms with E-state index < -0.39 is 6.17 Å². The fourth-order valence-corrected chi connectivity index (χ4v) is 5.33. The summed E-state index contributed by atoms with van der Waals surface area (Å²) in [5, 5.41) is 4.42. The third kappa shape index (κ3) is 6.29. The van der Waals surface area contributed by atoms with Crippen LogP contribution in [0.5, 0.6) is 11.5 Å². The first-order valence-corrected chi connectivity index (χ1v) is 14.3. The molecule has 0 bridgehead atoms. The van der Waals surface area contributed by atoms with Gasteiger partial charge in [0.2, 0.25) is 0 Å². The second-order valence-electron chi connectivity index (χ2n) is 10.1. The molecule has 2 aromatic heterocycles. The third-order valence-corrected chi connectivity index (χ3v) is 7.59. The molecule has 0 spiro atoms. The van der Waals surface area contributed by atoms with E-state index in [0.717, 1.165) is 5.69 Å². The molecule has 42 heavy (non-hydrogen) atoms. The third-order valence-electron chi connectivity index (χ3n) is 7.29. The first-order chi connectivity index (χ1) is 20.5. The van der Waals surface area contributed by atoms with Gasteiger partial charge in [0.25, 0.3) is 5.91 Å². The molecule has 0 aliphatic carbocycles. The van der Waals surface area contributed by atoms with Crippen molar-refractivity contribution in [2.45, 2.75) is 25.6 Å². The van der Waals surface area contributed by atoms with Crippen LogP contribution >= 0.6 is 11.6 Å². The fraction of sp³-hybridized carbons (Fsp3) is 0.290. The molecule has 11 heteroatoms. The summed E-state index contributed by atoms with van der Waals surface area (Å²) in [7, 11) is 0. The zero-order chi connectivity index (χ0) is 28.9. The highest BCUT2D eigenvalue weighted by Gasteiger charge is 2.26. The van der Waals surface area contributed by atoms with E-state index in [-0.39, 0.29) is 5.91 Å². The van der Waals surface area contributed by atoms with Gasteiger partial charge < -0.3 is 19.7 Å². The maximum absolute atomic E-state index is 13.4. The summed E-state index contributed by atoms with van der Waals surface area (Å²) in [6, 6.07) is 14.7. The van der Waals surface area contributed by atoms with Crippen LogP contribution in [0, 0.1) is 0 Å². The van der Waals surface area contributed by atoms with Gasteiger partial charge in [-0.2, -0.15) is 0 Å². The van der Waals surface area contributed by atoms with Crippen molar-refractivity contribution in [2.24, 2.45) is 0 Å². The number of nitrogens with zero attached hydrogens (tertiary/aromatic N) is 5. The Morgan fingerprint density at radius 1 is 1.12 bits per heavy atom. The molecular formula is C31H30ClFN6O3. The van der Waals surface area contributed by atoms with Gasteiger partial charge in [-0.05, 0) is 55.3 Å². The number of amides is 1. The van der Waals surface area contributed by atoms with Gasteiger partial charge in [0.05, 0.1) is 33.9 Å². The van der Waals surface area contributed by atoms with Crippen molar-refractivity contribution in [1.82, 2.24) is 19.9 Å². The lowest BCUT2D eigenvalue weighted by Crippen LogP contribution is -2.37. The predicted molar refractivity (Wildman–Crippen MR) is 160 cm³/mol. The van der Waals surface area contributed by atoms with Gasteiger partial charge in [0, 0.05) is 37.6 Å². The molecule has 2 aliphatic rings. The Kier molecular flexibility index (Phi) is 8.43. The molecule has 1 N–H and O–H groups in total. The molecule has 0 saturated carbocycles. The van der Waals surface area contributed by atoms with Gasteiger partial charge in [0.1, 0.15) is 37.3 Å². The molecule has 0 radical (unpaired) electrons. The Balaban J connectivity index is 1.20. The number of aromatic nitrogens is 3. The highest BCUT2D eigenvalue weighted by molar-refractivity contribution is 6.32. The number of carbonyl (C=O) groups excluding carboxylic acids is 1. The van der Waals surface area contributed by atoms with Gasteiger partial charge in [0.15, 0.2) is 5.75 Å². The molecule has 2 aliphatic heterocycles. The van der Waals surface area contributed by atoms with Crippen molar-refractivity contribution in [3.05, 3.63) is 83.9 Å². The number of piperidine rings is 1. The minimum Gasteiger partial charge on any atom is -0.489 e. The average molecular weight is 589 g/mol. The van der Waals surface area contributed by atoms with Gasteiger partial charge in [-0.3, -0.25) is 14.7 Å². The minimum absolute atomic E-state index is 0.140. The molecular weight excluding hydrogens is 559 g/mol. The summed E-state index contributed by atoms with van der Waals surface area (Å²) in [6.07, 6.45) is 6.99. The number of halogens is 2. The number of carbonyl (C=O) groups is 1. The number of ether oxygens (including phenoxy) is 2. The number of likely N-dealkylation sites (tertiary alicyclic amines) is 1. The van der Waals surface area contributed by atoms with Crippen molar-refractivity contribution < 1.29 is 18.7 Å². The Bertz CT molecular complexity index is 1600. The van der Waals surface area contributed by atoms with Crippen molar-refractivity contribution in [2.75, 3.05) is 43.0 Å². The number of benzene rings is 2. The van der Waals surface area contributed by atoms with Crippen LogP contribution in [0.25, 0.3) is 10.9 Å². The van der Waals surface area contributed by atoms with Crippen LogP contribution in [0.1, 0.15) is 18.5 Å². The van der Waals surface area contributed by atoms with E-state index in [9.17, 15) is 9.18 Å². The molecule has 0 unspecified atom stereocenters. The van der Waals surface area contributed by atoms with E-state index in [1.54, 1.807) is 29.3 Å². The largest absolute Gasteiger partial charge is 0.489 e. The Morgan fingerprint density at radius 2 is 2.00 bits per heavy atom. The number of hydrogen-bond donors (Lipinski definition) is 1. The summed E-state index contributed by atoms with van der Waals surface area (Å²) in [4.78, 5) is 30.2. The van der Waals surface area contributed by atoms with Crippen molar-refractivity contribution >= 4 is 45.6 Å². The SMILES string of the molecule is O=C(/C=C/CN1CCC(F)CC1)N1CCOc2c1ccc1ncnc(Nc3ccc(OCc4ccccn4)c(Cl)c3)c21. The van der Waals surface area contributed by atoms with Crippen LogP contribution in [0.2, 0.25) is 5.02 Å². The van der Waals surface area contributed by atoms with E-state index in [1.807, 2.05) is 42.5 Å². The van der Waals surface area contributed by atoms with E-state index in [0.29, 0.717) is 96.9 Å². The molecule has 6 rings (SSSR count). The van der Waals surface area contributed by atoms with Crippen LogP contribution < -0.4 is 19.7 Å². The molecule has 2 aromatic carbocycles. The number of hydrogen-bond acceptors (Lipinski definition) is 8. The normalized spacial score (nSPS) is 15.9. The lowest BCUT2D eigenvalue weighted by molar-refractivity contribution is -0.114. The van der Waals surface area contributed by atoms with Crippen molar-refractivity contribution in [3.63, 3.8) is 0 Å². The second-order valence-corrected chi connectivity index (χ2v) is 10.5. The van der Waals surface area contributed by atoms with Crippen molar-refractivity contribution in [3.8, 4) is 11.5 Å². The number of nitrogens with one attached hydrogen (secondary N) is 1. The molecule has 1 saturated heterocycles. The monoisotopic (exact) mass is 588 g/mol. The van der Waals surface area contributed by atoms with E-state index >= 15 is 0 Å². The molecule has 4 aromatic rings. The molecule has 1 amide bonds. The van der Waals surface area contributed by atoms with E-state index in [1.165, 1.54) is 6.33 Å². The molecule has 9 nitrogen and oxygen atoms in total. The van der Waals surface area contributed by atoms with Crippen LogP contribution in [-0.4, -0.2) is 64.7 Å². The maximum atomic E-state index is 13.4. The summed E-state index contributed by atoms with van der Waals surface area (Å²) >= 11 is 6.53. The zero-order valence-corrected chi connectivity index (χ0v) is 23.6. The van der Waals surface area contributed by atoms with E-state index in [2.05, 4.69) is 25.2 Å². The Morgan fingerprint density at radius 3 is 2.81 bits per heavy atom. The van der Waals surface area contributed by atoms with Gasteiger partial charge in [-0.1, -0.05) is 23.7 Å². The van der Waals surface area contributed by atoms with Gasteiger partial charge in [-0.25, -0.2) is 14.4 Å². The number of alkyl halides is 1. The van der Waals surface area contributed by atoms with Crippen molar-refractivity contribution in [1.29, 1.82) is 0 Å². The maximum Gasteiger partial charge on any atom is 0.250 e. The quantitative estimate of drug-likeness (QED) is 0.261. The van der Waals surface area contributed by atoms with Crippen LogP contribution in [0.3, 0.4) is 0 Å². The lowest BCUT2D eigenvalue weighted by atomic mass is 10.1. The first kappa shape index (κ1) is 27.9. The predicted octanol–water partition coefficient (Wildman–Crippen LogP) is 5.72. The zero-order valence-electron chi connectivity index (χ0n) is 22.9. The number of pyridine rings is 1. The second kappa shape index (κ2) is 12.7. The molecule has 216 valence electrons. The molecule has 0 atom stereocenters. The van der Waals surface area contributed by atoms with Gasteiger partial charge in [-0.15, -0.1) is 0 Å². The summed E-state index contributed by atoms with van der Waals surface area (Å²) in [5.74, 6) is 1.46. The lowest BCUT2D eigenvalue weighted by Gasteiger charge is -2.30. The van der Waals surface area contributed by atoms with Crippen LogP contribution in [-0.2, 0) is 11.4 Å².